The summed E-state index contributed by atoms with van der Waals surface area (Å²) in [6, 6.07) is 5.18. The van der Waals surface area contributed by atoms with Crippen molar-refractivity contribution in [3.63, 3.8) is 0 Å². The highest BCUT2D eigenvalue weighted by Crippen LogP contribution is 2.24. The maximum atomic E-state index is 8.47. The van der Waals surface area contributed by atoms with E-state index < -0.39 is 0 Å². The molecule has 2 aliphatic rings. The zero-order chi connectivity index (χ0) is 20.4. The highest BCUT2D eigenvalue weighted by Gasteiger charge is 2.29. The summed E-state index contributed by atoms with van der Waals surface area (Å²) in [4.78, 5) is 10.9. The molecule has 2 aliphatic heterocycles. The predicted octanol–water partition coefficient (Wildman–Crippen LogP) is 2.14. The molecule has 0 spiro atoms. The van der Waals surface area contributed by atoms with E-state index >= 15 is 0 Å². The lowest BCUT2D eigenvalue weighted by atomic mass is 10.00. The first-order valence-electron chi connectivity index (χ1n) is 9.58. The smallest absolute Gasteiger partial charge is 0.227 e. The number of benzene rings is 1. The molecule has 0 saturated carbocycles. The minimum Gasteiger partial charge on any atom is -0.386 e. The van der Waals surface area contributed by atoms with E-state index in [0.29, 0.717) is 59.6 Å². The Hall–Kier alpha value is -2.00. The number of rotatable bonds is 7. The first-order valence-corrected chi connectivity index (χ1v) is 10.3. The van der Waals surface area contributed by atoms with Crippen LogP contribution in [0.15, 0.2) is 27.7 Å². The fourth-order valence-electron chi connectivity index (χ4n) is 3.55. The van der Waals surface area contributed by atoms with Gasteiger partial charge in [0.25, 0.3) is 0 Å². The molecule has 154 valence electrons. The number of aliphatic imine (C=N–C) groups is 1. The van der Waals surface area contributed by atoms with Crippen LogP contribution in [0.5, 0.6) is 0 Å². The third-order valence-corrected chi connectivity index (χ3v) is 5.91. The second-order valence-corrected chi connectivity index (χ2v) is 8.30. The summed E-state index contributed by atoms with van der Waals surface area (Å²) in [5, 5.41) is 17.0. The number of nitrogens with one attached hydrogen (secondary N) is 2. The molecule has 0 amide bonds. The summed E-state index contributed by atoms with van der Waals surface area (Å²) in [6.07, 6.45) is 1.08. The molecule has 0 aliphatic carbocycles. The van der Waals surface area contributed by atoms with E-state index in [1.165, 1.54) is 0 Å². The van der Waals surface area contributed by atoms with Crippen molar-refractivity contribution in [2.75, 3.05) is 26.2 Å². The van der Waals surface area contributed by atoms with E-state index in [0.717, 1.165) is 25.1 Å². The molecule has 4 rings (SSSR count). The van der Waals surface area contributed by atoms with Gasteiger partial charge in [-0.15, -0.1) is 0 Å². The molecule has 1 saturated heterocycles. The van der Waals surface area contributed by atoms with Gasteiger partial charge < -0.3 is 21.0 Å². The molecule has 2 aromatic rings. The van der Waals surface area contributed by atoms with Gasteiger partial charge in [-0.3, -0.25) is 9.89 Å². The Morgan fingerprint density at radius 2 is 2.17 bits per heavy atom. The highest BCUT2D eigenvalue weighted by molar-refractivity contribution is 6.33. The third-order valence-electron chi connectivity index (χ3n) is 5.31. The van der Waals surface area contributed by atoms with Crippen LogP contribution in [0.3, 0.4) is 0 Å². The lowest BCUT2D eigenvalue weighted by Crippen LogP contribution is -2.50. The SMILES string of the molecule is N=C(CC1C(N)=NCCN1Cc1cc(Cl)ccc1Cl)c1noc(CC2CNC2)n1. The Kier molecular flexibility index (Phi) is 6.15. The number of nitrogens with zero attached hydrogens (tertiary/aromatic N) is 4. The summed E-state index contributed by atoms with van der Waals surface area (Å²) in [5.41, 5.74) is 7.39. The Labute approximate surface area is 179 Å². The maximum Gasteiger partial charge on any atom is 0.227 e. The van der Waals surface area contributed by atoms with Gasteiger partial charge >= 0.3 is 0 Å². The number of nitrogens with two attached hydrogens (primary N) is 1. The van der Waals surface area contributed by atoms with Crippen LogP contribution in [0.25, 0.3) is 0 Å². The molecular formula is C19H23Cl2N7O. The van der Waals surface area contributed by atoms with Crippen molar-refractivity contribution in [1.82, 2.24) is 20.4 Å². The maximum absolute atomic E-state index is 8.47. The van der Waals surface area contributed by atoms with E-state index in [1.807, 2.05) is 6.07 Å². The molecule has 0 bridgehead atoms. The van der Waals surface area contributed by atoms with Gasteiger partial charge in [0.2, 0.25) is 11.7 Å². The first kappa shape index (κ1) is 20.3. The van der Waals surface area contributed by atoms with E-state index in [4.69, 9.17) is 38.9 Å². The zero-order valence-electron chi connectivity index (χ0n) is 15.9. The number of hydrogen-bond acceptors (Lipinski definition) is 8. The van der Waals surface area contributed by atoms with E-state index in [2.05, 4.69) is 25.3 Å². The van der Waals surface area contributed by atoms with Gasteiger partial charge in [0.1, 0.15) is 5.84 Å². The molecule has 1 unspecified atom stereocenters. The van der Waals surface area contributed by atoms with Crippen molar-refractivity contribution >= 4 is 34.7 Å². The molecule has 3 heterocycles. The topological polar surface area (TPSA) is 116 Å². The lowest BCUT2D eigenvalue weighted by Gasteiger charge is -2.34. The second-order valence-electron chi connectivity index (χ2n) is 7.45. The Balaban J connectivity index is 1.45. The largest absolute Gasteiger partial charge is 0.386 e. The minimum absolute atomic E-state index is 0.232. The second kappa shape index (κ2) is 8.79. The lowest BCUT2D eigenvalue weighted by molar-refractivity contribution is 0.231. The molecule has 1 fully saturated rings. The summed E-state index contributed by atoms with van der Waals surface area (Å²) in [6.45, 7) is 3.82. The van der Waals surface area contributed by atoms with Crippen LogP contribution < -0.4 is 11.1 Å². The molecule has 1 aromatic carbocycles. The van der Waals surface area contributed by atoms with Crippen molar-refractivity contribution < 1.29 is 4.52 Å². The van der Waals surface area contributed by atoms with Crippen molar-refractivity contribution in [2.24, 2.45) is 16.6 Å². The zero-order valence-corrected chi connectivity index (χ0v) is 17.4. The van der Waals surface area contributed by atoms with Crippen molar-refractivity contribution in [3.05, 3.63) is 45.5 Å². The van der Waals surface area contributed by atoms with Crippen LogP contribution in [0.2, 0.25) is 10.0 Å². The molecular weight excluding hydrogens is 413 g/mol. The standard InChI is InChI=1S/C19H23Cl2N7O/c20-13-1-2-14(21)12(6-13)10-28-4-3-25-18(23)16(28)7-15(22)19-26-17(29-27-19)5-11-8-24-9-11/h1-2,6,11,16,22,24H,3-5,7-10H2,(H2,23,25). The number of halogens is 2. The summed E-state index contributed by atoms with van der Waals surface area (Å²) >= 11 is 12.5. The highest BCUT2D eigenvalue weighted by atomic mass is 35.5. The molecule has 29 heavy (non-hydrogen) atoms. The van der Waals surface area contributed by atoms with Crippen molar-refractivity contribution in [2.45, 2.75) is 25.4 Å². The predicted molar refractivity (Wildman–Crippen MR) is 113 cm³/mol. The molecule has 8 nitrogen and oxygen atoms in total. The van der Waals surface area contributed by atoms with Crippen molar-refractivity contribution in [1.29, 1.82) is 5.41 Å². The summed E-state index contributed by atoms with van der Waals surface area (Å²) < 4.78 is 5.32. The summed E-state index contributed by atoms with van der Waals surface area (Å²) in [7, 11) is 0. The van der Waals surface area contributed by atoms with Gasteiger partial charge in [0.05, 0.1) is 18.3 Å². The number of amidine groups is 1. The van der Waals surface area contributed by atoms with Gasteiger partial charge in [-0.1, -0.05) is 28.4 Å². The minimum atomic E-state index is -0.232. The number of aromatic nitrogens is 2. The average molecular weight is 436 g/mol. The monoisotopic (exact) mass is 435 g/mol. The van der Waals surface area contributed by atoms with Gasteiger partial charge in [0, 0.05) is 36.0 Å². The first-order chi connectivity index (χ1) is 14.0. The summed E-state index contributed by atoms with van der Waals surface area (Å²) in [5.74, 6) is 1.91. The van der Waals surface area contributed by atoms with Crippen molar-refractivity contribution in [3.8, 4) is 0 Å². The normalized spacial score (nSPS) is 20.3. The molecule has 4 N–H and O–H groups in total. The Morgan fingerprint density at radius 3 is 2.93 bits per heavy atom. The van der Waals surface area contributed by atoms with Gasteiger partial charge in [0.15, 0.2) is 0 Å². The van der Waals surface area contributed by atoms with Crippen LogP contribution in [0, 0.1) is 11.3 Å². The van der Waals surface area contributed by atoms with Crippen LogP contribution in [0.1, 0.15) is 23.7 Å². The van der Waals surface area contributed by atoms with Crippen LogP contribution >= 0.6 is 23.2 Å². The fourth-order valence-corrected chi connectivity index (χ4v) is 3.92. The van der Waals surface area contributed by atoms with Crippen LogP contribution in [-0.2, 0) is 13.0 Å². The van der Waals surface area contributed by atoms with Gasteiger partial charge in [-0.05, 0) is 42.8 Å². The fraction of sp³-hybridized carbons (Fsp3) is 0.474. The van der Waals surface area contributed by atoms with E-state index in [9.17, 15) is 0 Å². The quantitative estimate of drug-likeness (QED) is 0.573. The molecule has 1 atom stereocenters. The van der Waals surface area contributed by atoms with E-state index in [-0.39, 0.29) is 11.8 Å². The molecule has 0 radical (unpaired) electrons. The van der Waals surface area contributed by atoms with Crippen LogP contribution in [0.4, 0.5) is 0 Å². The number of hydrogen-bond donors (Lipinski definition) is 3. The van der Waals surface area contributed by atoms with Crippen LogP contribution in [-0.4, -0.2) is 58.8 Å². The average Bonchev–Trinajstić information content (AvgIpc) is 3.13. The Bertz CT molecular complexity index is 925. The molecule has 1 aromatic heterocycles. The molecule has 10 heteroatoms. The van der Waals surface area contributed by atoms with E-state index in [1.54, 1.807) is 12.1 Å². The van der Waals surface area contributed by atoms with Gasteiger partial charge in [-0.2, -0.15) is 4.98 Å². The Morgan fingerprint density at radius 1 is 1.34 bits per heavy atom. The third kappa shape index (κ3) is 4.78. The van der Waals surface area contributed by atoms with Gasteiger partial charge in [-0.25, -0.2) is 0 Å².